The number of amides is 1. The Morgan fingerprint density at radius 3 is 2.82 bits per heavy atom. The van der Waals surface area contributed by atoms with Crippen molar-refractivity contribution in [1.29, 1.82) is 0 Å². The summed E-state index contributed by atoms with van der Waals surface area (Å²) in [6.45, 7) is 0.167. The number of carbonyl (C=O) groups excluding carboxylic acids is 1. The second-order valence-corrected chi connectivity index (χ2v) is 6.15. The lowest BCUT2D eigenvalue weighted by molar-refractivity contribution is -0.116. The van der Waals surface area contributed by atoms with Crippen molar-refractivity contribution < 1.29 is 9.18 Å². The Morgan fingerprint density at radius 1 is 1.23 bits per heavy atom. The van der Waals surface area contributed by atoms with Crippen molar-refractivity contribution >= 4 is 50.0 Å². The standard InChI is InChI=1S/C16H11BrClFN2O/c17-11-1-4-15-10(7-11)5-6-21(15)9-16(22)20-12-2-3-14(19)13(18)8-12/h1-8H,9H2,(H,20,22). The summed E-state index contributed by atoms with van der Waals surface area (Å²) in [6, 6.07) is 11.9. The van der Waals surface area contributed by atoms with Crippen LogP contribution < -0.4 is 5.32 Å². The average molecular weight is 382 g/mol. The van der Waals surface area contributed by atoms with Crippen molar-refractivity contribution in [2.24, 2.45) is 0 Å². The zero-order chi connectivity index (χ0) is 15.7. The molecule has 0 unspecified atom stereocenters. The Hall–Kier alpha value is -1.85. The molecule has 3 nitrogen and oxygen atoms in total. The molecule has 0 bridgehead atoms. The third-order valence-electron chi connectivity index (χ3n) is 3.25. The number of hydrogen-bond donors (Lipinski definition) is 1. The molecule has 0 saturated heterocycles. The molecule has 0 spiro atoms. The smallest absolute Gasteiger partial charge is 0.244 e. The van der Waals surface area contributed by atoms with Gasteiger partial charge in [-0.1, -0.05) is 27.5 Å². The number of halogens is 3. The molecule has 112 valence electrons. The lowest BCUT2D eigenvalue weighted by atomic mass is 10.2. The second kappa shape index (κ2) is 6.10. The first kappa shape index (κ1) is 15.1. The minimum Gasteiger partial charge on any atom is -0.338 e. The summed E-state index contributed by atoms with van der Waals surface area (Å²) in [6.07, 6.45) is 1.86. The second-order valence-electron chi connectivity index (χ2n) is 4.82. The van der Waals surface area contributed by atoms with Gasteiger partial charge in [0.05, 0.1) is 5.02 Å². The largest absolute Gasteiger partial charge is 0.338 e. The number of nitrogens with zero attached hydrogens (tertiary/aromatic N) is 1. The Kier molecular flexibility index (Phi) is 4.18. The molecule has 0 radical (unpaired) electrons. The molecule has 1 amide bonds. The van der Waals surface area contributed by atoms with Crippen LogP contribution in [0.15, 0.2) is 53.1 Å². The summed E-state index contributed by atoms with van der Waals surface area (Å²) < 4.78 is 15.9. The zero-order valence-corrected chi connectivity index (χ0v) is 13.7. The first-order valence-electron chi connectivity index (χ1n) is 6.52. The maximum absolute atomic E-state index is 13.1. The fourth-order valence-corrected chi connectivity index (χ4v) is 2.80. The summed E-state index contributed by atoms with van der Waals surface area (Å²) >= 11 is 9.11. The van der Waals surface area contributed by atoms with E-state index in [9.17, 15) is 9.18 Å². The van der Waals surface area contributed by atoms with Gasteiger partial charge in [0.2, 0.25) is 5.91 Å². The van der Waals surface area contributed by atoms with Crippen molar-refractivity contribution in [2.75, 3.05) is 5.32 Å². The number of hydrogen-bond acceptors (Lipinski definition) is 1. The molecule has 0 atom stereocenters. The van der Waals surface area contributed by atoms with Crippen molar-refractivity contribution in [1.82, 2.24) is 4.57 Å². The number of nitrogens with one attached hydrogen (secondary N) is 1. The summed E-state index contributed by atoms with van der Waals surface area (Å²) in [5.41, 5.74) is 1.44. The zero-order valence-electron chi connectivity index (χ0n) is 11.3. The molecule has 3 rings (SSSR count). The monoisotopic (exact) mass is 380 g/mol. The quantitative estimate of drug-likeness (QED) is 0.692. The molecule has 0 saturated carbocycles. The number of anilines is 1. The highest BCUT2D eigenvalue weighted by molar-refractivity contribution is 9.10. The lowest BCUT2D eigenvalue weighted by Crippen LogP contribution is -2.18. The highest BCUT2D eigenvalue weighted by Gasteiger charge is 2.08. The van der Waals surface area contributed by atoms with Gasteiger partial charge in [-0.25, -0.2) is 4.39 Å². The van der Waals surface area contributed by atoms with E-state index in [-0.39, 0.29) is 17.5 Å². The number of benzene rings is 2. The van der Waals surface area contributed by atoms with Gasteiger partial charge in [0.1, 0.15) is 12.4 Å². The summed E-state index contributed by atoms with van der Waals surface area (Å²) in [7, 11) is 0. The van der Waals surface area contributed by atoms with Gasteiger partial charge in [0.15, 0.2) is 0 Å². The maximum atomic E-state index is 13.1. The normalized spacial score (nSPS) is 10.9. The summed E-state index contributed by atoms with van der Waals surface area (Å²) in [4.78, 5) is 12.1. The van der Waals surface area contributed by atoms with Gasteiger partial charge in [-0.2, -0.15) is 0 Å². The van der Waals surface area contributed by atoms with Gasteiger partial charge in [-0.05, 0) is 42.5 Å². The van der Waals surface area contributed by atoms with Crippen molar-refractivity contribution in [3.8, 4) is 0 Å². The highest BCUT2D eigenvalue weighted by atomic mass is 79.9. The predicted octanol–water partition coefficient (Wildman–Crippen LogP) is 4.84. The lowest BCUT2D eigenvalue weighted by Gasteiger charge is -2.08. The van der Waals surface area contributed by atoms with Gasteiger partial charge >= 0.3 is 0 Å². The third-order valence-corrected chi connectivity index (χ3v) is 4.03. The molecule has 1 heterocycles. The van der Waals surface area contributed by atoms with E-state index in [1.165, 1.54) is 18.2 Å². The maximum Gasteiger partial charge on any atom is 0.244 e. The fourth-order valence-electron chi connectivity index (χ4n) is 2.24. The molecular weight excluding hydrogens is 371 g/mol. The molecule has 1 N–H and O–H groups in total. The Morgan fingerprint density at radius 2 is 2.05 bits per heavy atom. The number of carbonyl (C=O) groups is 1. The Labute approximate surface area is 139 Å². The van der Waals surface area contributed by atoms with Gasteiger partial charge < -0.3 is 9.88 Å². The minimum absolute atomic E-state index is 0.0194. The molecular formula is C16H11BrClFN2O. The minimum atomic E-state index is -0.512. The Bertz CT molecular complexity index is 862. The van der Waals surface area contributed by atoms with E-state index in [0.717, 1.165) is 15.4 Å². The van der Waals surface area contributed by atoms with Crippen LogP contribution in [-0.4, -0.2) is 10.5 Å². The van der Waals surface area contributed by atoms with E-state index in [2.05, 4.69) is 21.2 Å². The first-order chi connectivity index (χ1) is 10.5. The van der Waals surface area contributed by atoms with Crippen molar-refractivity contribution in [3.05, 3.63) is 64.0 Å². The van der Waals surface area contributed by atoms with Gasteiger partial charge in [0, 0.05) is 27.3 Å². The number of fused-ring (bicyclic) bond motifs is 1. The van der Waals surface area contributed by atoms with Crippen LogP contribution in [0, 0.1) is 5.82 Å². The third kappa shape index (κ3) is 3.15. The van der Waals surface area contributed by atoms with Crippen LogP contribution in [0.3, 0.4) is 0 Å². The van der Waals surface area contributed by atoms with Gasteiger partial charge in [-0.15, -0.1) is 0 Å². The molecule has 2 aromatic carbocycles. The van der Waals surface area contributed by atoms with Gasteiger partial charge in [-0.3, -0.25) is 4.79 Å². The molecule has 0 fully saturated rings. The van der Waals surface area contributed by atoms with E-state index < -0.39 is 5.82 Å². The molecule has 0 aliphatic carbocycles. The predicted molar refractivity (Wildman–Crippen MR) is 89.7 cm³/mol. The van der Waals surface area contributed by atoms with E-state index in [4.69, 9.17) is 11.6 Å². The summed E-state index contributed by atoms with van der Waals surface area (Å²) in [5.74, 6) is -0.718. The Balaban J connectivity index is 1.76. The van der Waals surface area contributed by atoms with Crippen LogP contribution in [0.2, 0.25) is 5.02 Å². The first-order valence-corrected chi connectivity index (χ1v) is 7.69. The average Bonchev–Trinajstić information content (AvgIpc) is 2.85. The van der Waals surface area contributed by atoms with E-state index in [1.807, 2.05) is 35.0 Å². The van der Waals surface area contributed by atoms with E-state index >= 15 is 0 Å². The summed E-state index contributed by atoms with van der Waals surface area (Å²) in [5, 5.41) is 3.73. The fraction of sp³-hybridized carbons (Fsp3) is 0.0625. The molecule has 6 heteroatoms. The molecule has 0 aliphatic heterocycles. The van der Waals surface area contributed by atoms with Crippen molar-refractivity contribution in [2.45, 2.75) is 6.54 Å². The molecule has 1 aromatic heterocycles. The van der Waals surface area contributed by atoms with Crippen LogP contribution in [0.25, 0.3) is 10.9 Å². The van der Waals surface area contributed by atoms with Crippen LogP contribution in [0.4, 0.5) is 10.1 Å². The van der Waals surface area contributed by atoms with E-state index in [1.54, 1.807) is 0 Å². The highest BCUT2D eigenvalue weighted by Crippen LogP contribution is 2.22. The van der Waals surface area contributed by atoms with Crippen molar-refractivity contribution in [3.63, 3.8) is 0 Å². The molecule has 0 aliphatic rings. The molecule has 3 aromatic rings. The van der Waals surface area contributed by atoms with Crippen LogP contribution >= 0.6 is 27.5 Å². The van der Waals surface area contributed by atoms with Crippen LogP contribution in [-0.2, 0) is 11.3 Å². The number of rotatable bonds is 3. The van der Waals surface area contributed by atoms with Gasteiger partial charge in [0.25, 0.3) is 0 Å². The van der Waals surface area contributed by atoms with Crippen LogP contribution in [0.1, 0.15) is 0 Å². The van der Waals surface area contributed by atoms with Crippen LogP contribution in [0.5, 0.6) is 0 Å². The number of aromatic nitrogens is 1. The molecule has 22 heavy (non-hydrogen) atoms. The SMILES string of the molecule is O=C(Cn1ccc2cc(Br)ccc21)Nc1ccc(F)c(Cl)c1. The topological polar surface area (TPSA) is 34.0 Å². The van der Waals surface area contributed by atoms with E-state index in [0.29, 0.717) is 5.69 Å².